The zero-order chi connectivity index (χ0) is 18.6. The van der Waals surface area contributed by atoms with Crippen LogP contribution in [0.5, 0.6) is 0 Å². The van der Waals surface area contributed by atoms with E-state index >= 15 is 0 Å². The van der Waals surface area contributed by atoms with E-state index in [1.165, 1.54) is 7.11 Å². The number of esters is 1. The molecule has 6 heteroatoms. The van der Waals surface area contributed by atoms with Gasteiger partial charge >= 0.3 is 11.9 Å². The van der Waals surface area contributed by atoms with Crippen LogP contribution >= 0.6 is 0 Å². The summed E-state index contributed by atoms with van der Waals surface area (Å²) in [4.78, 5) is 22.0. The van der Waals surface area contributed by atoms with Gasteiger partial charge in [-0.25, -0.2) is 0 Å². The van der Waals surface area contributed by atoms with Crippen LogP contribution in [0.3, 0.4) is 0 Å². The highest BCUT2D eigenvalue weighted by Gasteiger charge is 2.22. The molecule has 0 spiro atoms. The van der Waals surface area contributed by atoms with Crippen molar-refractivity contribution in [2.45, 2.75) is 59.8 Å². The van der Waals surface area contributed by atoms with Crippen molar-refractivity contribution in [3.63, 3.8) is 0 Å². The summed E-state index contributed by atoms with van der Waals surface area (Å²) < 4.78 is 15.8. The van der Waals surface area contributed by atoms with Gasteiger partial charge in [-0.3, -0.25) is 9.59 Å². The molecule has 0 aliphatic heterocycles. The number of carboxylic acids is 1. The first-order valence-electron chi connectivity index (χ1n) is 8.52. The molecule has 0 radical (unpaired) electrons. The van der Waals surface area contributed by atoms with Crippen molar-refractivity contribution in [2.75, 3.05) is 33.5 Å². The Morgan fingerprint density at radius 2 is 1.29 bits per heavy atom. The molecule has 0 aliphatic rings. The second-order valence-electron chi connectivity index (χ2n) is 7.73. The van der Waals surface area contributed by atoms with Gasteiger partial charge in [0.2, 0.25) is 0 Å². The van der Waals surface area contributed by atoms with Crippen LogP contribution in [0.4, 0.5) is 0 Å². The number of carbonyl (C=O) groups is 2. The van der Waals surface area contributed by atoms with Gasteiger partial charge in [-0.1, -0.05) is 27.7 Å². The van der Waals surface area contributed by atoms with Gasteiger partial charge in [-0.2, -0.15) is 0 Å². The summed E-state index contributed by atoms with van der Waals surface area (Å²) in [5.74, 6) is -0.970. The second-order valence-corrected chi connectivity index (χ2v) is 7.73. The van der Waals surface area contributed by atoms with Gasteiger partial charge in [0, 0.05) is 26.4 Å². The van der Waals surface area contributed by atoms with Crippen LogP contribution in [0.25, 0.3) is 0 Å². The highest BCUT2D eigenvalue weighted by Crippen LogP contribution is 2.25. The highest BCUT2D eigenvalue weighted by molar-refractivity contribution is 5.69. The fourth-order valence-corrected chi connectivity index (χ4v) is 2.21. The van der Waals surface area contributed by atoms with Crippen LogP contribution in [-0.2, 0) is 23.8 Å². The Morgan fingerprint density at radius 1 is 0.833 bits per heavy atom. The molecule has 0 heterocycles. The number of ether oxygens (including phenoxy) is 3. The maximum atomic E-state index is 11.3. The van der Waals surface area contributed by atoms with Crippen molar-refractivity contribution in [3.8, 4) is 0 Å². The number of hydrogen-bond acceptors (Lipinski definition) is 5. The minimum absolute atomic E-state index is 0.126. The Labute approximate surface area is 145 Å². The van der Waals surface area contributed by atoms with Gasteiger partial charge in [0.1, 0.15) is 0 Å². The Morgan fingerprint density at radius 3 is 1.71 bits per heavy atom. The predicted octanol–water partition coefficient (Wildman–Crippen LogP) is 3.28. The average Bonchev–Trinajstić information content (AvgIpc) is 2.43. The van der Waals surface area contributed by atoms with Crippen LogP contribution in [0.1, 0.15) is 59.8 Å². The van der Waals surface area contributed by atoms with E-state index in [-0.39, 0.29) is 23.2 Å². The van der Waals surface area contributed by atoms with Crippen molar-refractivity contribution in [3.05, 3.63) is 0 Å². The Bertz CT molecular complexity index is 376. The summed E-state index contributed by atoms with van der Waals surface area (Å²) in [6.07, 6.45) is 2.87. The zero-order valence-electron chi connectivity index (χ0n) is 15.9. The van der Waals surface area contributed by atoms with E-state index in [4.69, 9.17) is 14.6 Å². The summed E-state index contributed by atoms with van der Waals surface area (Å²) in [6.45, 7) is 10.3. The van der Waals surface area contributed by atoms with Crippen LogP contribution < -0.4 is 0 Å². The first kappa shape index (κ1) is 22.9. The van der Waals surface area contributed by atoms with E-state index in [1.807, 2.05) is 27.7 Å². The Hall–Kier alpha value is -1.14. The molecule has 0 unspecified atom stereocenters. The molecule has 142 valence electrons. The SMILES string of the molecule is COC(=O)CC(C)(C)CCOCCCOCCC(C)(C)CC(=O)O. The fourth-order valence-electron chi connectivity index (χ4n) is 2.21. The summed E-state index contributed by atoms with van der Waals surface area (Å²) >= 11 is 0. The van der Waals surface area contributed by atoms with Crippen molar-refractivity contribution < 1.29 is 28.9 Å². The third-order valence-electron chi connectivity index (χ3n) is 3.90. The van der Waals surface area contributed by atoms with E-state index in [0.717, 1.165) is 19.3 Å². The van der Waals surface area contributed by atoms with Gasteiger partial charge in [0.25, 0.3) is 0 Å². The third kappa shape index (κ3) is 13.3. The first-order valence-corrected chi connectivity index (χ1v) is 8.52. The normalized spacial score (nSPS) is 12.2. The van der Waals surface area contributed by atoms with E-state index in [9.17, 15) is 9.59 Å². The molecule has 0 saturated heterocycles. The number of carboxylic acid groups (broad SMARTS) is 1. The van der Waals surface area contributed by atoms with Crippen molar-refractivity contribution in [1.82, 2.24) is 0 Å². The number of aliphatic carboxylic acids is 1. The van der Waals surface area contributed by atoms with Crippen molar-refractivity contribution in [2.24, 2.45) is 10.8 Å². The molecule has 1 N–H and O–H groups in total. The van der Waals surface area contributed by atoms with Crippen LogP contribution in [0, 0.1) is 10.8 Å². The minimum Gasteiger partial charge on any atom is -0.481 e. The molecule has 0 amide bonds. The zero-order valence-corrected chi connectivity index (χ0v) is 15.9. The lowest BCUT2D eigenvalue weighted by Gasteiger charge is -2.23. The number of methoxy groups -OCH3 is 1. The number of rotatable bonds is 14. The number of carbonyl (C=O) groups excluding carboxylic acids is 1. The highest BCUT2D eigenvalue weighted by atomic mass is 16.5. The average molecular weight is 346 g/mol. The molecule has 0 aromatic heterocycles. The Kier molecular flexibility index (Phi) is 10.9. The minimum atomic E-state index is -0.775. The van der Waals surface area contributed by atoms with Gasteiger partial charge < -0.3 is 19.3 Å². The summed E-state index contributed by atoms with van der Waals surface area (Å²) in [5, 5.41) is 8.81. The van der Waals surface area contributed by atoms with E-state index < -0.39 is 5.97 Å². The second kappa shape index (κ2) is 11.4. The van der Waals surface area contributed by atoms with Gasteiger partial charge in [-0.05, 0) is 30.1 Å². The standard InChI is InChI=1S/C18H34O6/c1-17(2,13-15(19)20)7-11-23-9-6-10-24-12-8-18(3,4)14-16(21)22-5/h6-14H2,1-5H3,(H,19,20). The lowest BCUT2D eigenvalue weighted by Crippen LogP contribution is -2.20. The number of hydrogen-bond donors (Lipinski definition) is 1. The maximum Gasteiger partial charge on any atom is 0.306 e. The molecule has 0 aromatic carbocycles. The van der Waals surface area contributed by atoms with Gasteiger partial charge in [0.05, 0.1) is 20.0 Å². The quantitative estimate of drug-likeness (QED) is 0.384. The molecule has 6 nitrogen and oxygen atoms in total. The molecule has 0 bridgehead atoms. The molecular weight excluding hydrogens is 312 g/mol. The van der Waals surface area contributed by atoms with Crippen molar-refractivity contribution >= 4 is 11.9 Å². The largest absolute Gasteiger partial charge is 0.481 e. The van der Waals surface area contributed by atoms with Crippen LogP contribution in [0.15, 0.2) is 0 Å². The summed E-state index contributed by atoms with van der Waals surface area (Å²) in [6, 6.07) is 0. The maximum absolute atomic E-state index is 11.3. The predicted molar refractivity (Wildman–Crippen MR) is 91.9 cm³/mol. The topological polar surface area (TPSA) is 82.1 Å². The fraction of sp³-hybridized carbons (Fsp3) is 0.889. The van der Waals surface area contributed by atoms with Crippen molar-refractivity contribution in [1.29, 1.82) is 0 Å². The lowest BCUT2D eigenvalue weighted by molar-refractivity contribution is -0.143. The van der Waals surface area contributed by atoms with E-state index in [2.05, 4.69) is 4.74 Å². The van der Waals surface area contributed by atoms with Gasteiger partial charge in [0.15, 0.2) is 0 Å². The van der Waals surface area contributed by atoms with Gasteiger partial charge in [-0.15, -0.1) is 0 Å². The first-order chi connectivity index (χ1) is 11.1. The monoisotopic (exact) mass is 346 g/mol. The summed E-state index contributed by atoms with van der Waals surface area (Å²) in [7, 11) is 1.40. The smallest absolute Gasteiger partial charge is 0.306 e. The molecule has 0 aromatic rings. The third-order valence-corrected chi connectivity index (χ3v) is 3.90. The van der Waals surface area contributed by atoms with Crippen LogP contribution in [0.2, 0.25) is 0 Å². The van der Waals surface area contributed by atoms with E-state index in [1.54, 1.807) is 0 Å². The summed E-state index contributed by atoms with van der Waals surface area (Å²) in [5.41, 5.74) is -0.368. The molecule has 0 fully saturated rings. The molecular formula is C18H34O6. The molecule has 0 rings (SSSR count). The molecule has 24 heavy (non-hydrogen) atoms. The molecule has 0 atom stereocenters. The van der Waals surface area contributed by atoms with E-state index in [0.29, 0.717) is 32.8 Å². The lowest BCUT2D eigenvalue weighted by atomic mass is 9.86. The molecule has 0 aliphatic carbocycles. The Balaban J connectivity index is 3.58. The molecule has 0 saturated carbocycles. The van der Waals surface area contributed by atoms with Crippen LogP contribution in [-0.4, -0.2) is 50.6 Å².